The predicted octanol–water partition coefficient (Wildman–Crippen LogP) is 2.39. The van der Waals surface area contributed by atoms with Crippen molar-refractivity contribution in [2.75, 3.05) is 31.7 Å². The van der Waals surface area contributed by atoms with Gasteiger partial charge in [-0.2, -0.15) is 0 Å². The largest absolute Gasteiger partial charge is 0.495 e. The van der Waals surface area contributed by atoms with Gasteiger partial charge in [-0.1, -0.05) is 11.6 Å². The first-order chi connectivity index (χ1) is 12.1. The Kier molecular flexibility index (Phi) is 5.81. The minimum absolute atomic E-state index is 0.0881. The Morgan fingerprint density at radius 2 is 2.32 bits per heavy atom. The maximum Gasteiger partial charge on any atom is 0.227 e. The topological polar surface area (TPSA) is 67.9 Å². The number of halogens is 1. The molecule has 2 aliphatic rings. The lowest BCUT2D eigenvalue weighted by atomic mass is 10.1. The second-order valence-corrected chi connectivity index (χ2v) is 6.87. The fraction of sp³-hybridized carbons (Fsp3) is 0.556. The monoisotopic (exact) mass is 366 g/mol. The van der Waals surface area contributed by atoms with Gasteiger partial charge in [0.1, 0.15) is 5.75 Å². The molecule has 0 radical (unpaired) electrons. The van der Waals surface area contributed by atoms with Crippen LogP contribution in [0.1, 0.15) is 25.7 Å². The highest BCUT2D eigenvalue weighted by Gasteiger charge is 2.36. The van der Waals surface area contributed by atoms with Crippen molar-refractivity contribution in [2.24, 2.45) is 5.92 Å². The lowest BCUT2D eigenvalue weighted by Gasteiger charge is -2.20. The average molecular weight is 367 g/mol. The molecule has 2 atom stereocenters. The molecule has 2 saturated heterocycles. The van der Waals surface area contributed by atoms with E-state index in [0.29, 0.717) is 29.5 Å². The third kappa shape index (κ3) is 4.25. The van der Waals surface area contributed by atoms with Gasteiger partial charge in [0.15, 0.2) is 0 Å². The van der Waals surface area contributed by atoms with Crippen molar-refractivity contribution >= 4 is 29.1 Å². The smallest absolute Gasteiger partial charge is 0.227 e. The molecule has 0 unspecified atom stereocenters. The molecule has 0 aliphatic carbocycles. The number of nitrogens with zero attached hydrogens (tertiary/aromatic N) is 1. The van der Waals surface area contributed by atoms with Crippen LogP contribution < -0.4 is 15.0 Å². The van der Waals surface area contributed by atoms with E-state index < -0.39 is 0 Å². The van der Waals surface area contributed by atoms with Gasteiger partial charge in [0.05, 0.1) is 24.8 Å². The summed E-state index contributed by atoms with van der Waals surface area (Å²) in [6, 6.07) is 5.12. The minimum atomic E-state index is -0.360. The van der Waals surface area contributed by atoms with Crippen LogP contribution in [-0.2, 0) is 14.3 Å². The average Bonchev–Trinajstić information content (AvgIpc) is 3.24. The van der Waals surface area contributed by atoms with Crippen LogP contribution in [0.3, 0.4) is 0 Å². The predicted molar refractivity (Wildman–Crippen MR) is 95.1 cm³/mol. The van der Waals surface area contributed by atoms with Crippen LogP contribution >= 0.6 is 11.6 Å². The van der Waals surface area contributed by atoms with E-state index in [1.807, 2.05) is 0 Å². The summed E-state index contributed by atoms with van der Waals surface area (Å²) in [4.78, 5) is 26.3. The molecule has 0 bridgehead atoms. The summed E-state index contributed by atoms with van der Waals surface area (Å²) in [5.41, 5.74) is 0.606. The second-order valence-electron chi connectivity index (χ2n) is 6.44. The molecule has 2 fully saturated rings. The molecule has 1 aromatic rings. The molecule has 2 amide bonds. The van der Waals surface area contributed by atoms with Crippen molar-refractivity contribution in [3.8, 4) is 5.75 Å². The van der Waals surface area contributed by atoms with Crippen LogP contribution in [0.4, 0.5) is 5.69 Å². The summed E-state index contributed by atoms with van der Waals surface area (Å²) < 4.78 is 10.9. The number of carbonyl (C=O) groups is 2. The molecule has 1 aromatic carbocycles. The van der Waals surface area contributed by atoms with Gasteiger partial charge in [-0.15, -0.1) is 0 Å². The first-order valence-electron chi connectivity index (χ1n) is 8.61. The molecule has 2 heterocycles. The quantitative estimate of drug-likeness (QED) is 0.839. The Morgan fingerprint density at radius 1 is 1.48 bits per heavy atom. The van der Waals surface area contributed by atoms with Crippen molar-refractivity contribution < 1.29 is 19.1 Å². The van der Waals surface area contributed by atoms with E-state index in [1.54, 1.807) is 30.2 Å². The molecule has 2 aliphatic heterocycles. The van der Waals surface area contributed by atoms with E-state index in [2.05, 4.69) is 5.32 Å². The Morgan fingerprint density at radius 3 is 3.04 bits per heavy atom. The lowest BCUT2D eigenvalue weighted by molar-refractivity contribution is -0.126. The normalized spacial score (nSPS) is 23.1. The van der Waals surface area contributed by atoms with Gasteiger partial charge < -0.3 is 19.7 Å². The van der Waals surface area contributed by atoms with Crippen molar-refractivity contribution in [1.82, 2.24) is 5.32 Å². The van der Waals surface area contributed by atoms with Gasteiger partial charge in [-0.25, -0.2) is 0 Å². The highest BCUT2D eigenvalue weighted by atomic mass is 35.5. The summed E-state index contributed by atoms with van der Waals surface area (Å²) in [6.45, 7) is 1.72. The number of methoxy groups -OCH3 is 1. The van der Waals surface area contributed by atoms with Crippen LogP contribution in [-0.4, -0.2) is 44.7 Å². The third-order valence-corrected chi connectivity index (χ3v) is 4.95. The number of rotatable bonds is 6. The number of hydrogen-bond acceptors (Lipinski definition) is 4. The van der Waals surface area contributed by atoms with Crippen LogP contribution in [0.25, 0.3) is 0 Å². The molecular weight excluding hydrogens is 344 g/mol. The van der Waals surface area contributed by atoms with Crippen LogP contribution in [0.2, 0.25) is 5.02 Å². The van der Waals surface area contributed by atoms with Gasteiger partial charge in [-0.3, -0.25) is 9.59 Å². The van der Waals surface area contributed by atoms with Crippen LogP contribution in [0.5, 0.6) is 5.75 Å². The zero-order chi connectivity index (χ0) is 17.8. The first kappa shape index (κ1) is 18.0. The Balaban J connectivity index is 1.58. The highest BCUT2D eigenvalue weighted by molar-refractivity contribution is 6.31. The van der Waals surface area contributed by atoms with Crippen molar-refractivity contribution in [2.45, 2.75) is 31.8 Å². The zero-order valence-electron chi connectivity index (χ0n) is 14.3. The molecule has 0 saturated carbocycles. The number of benzene rings is 1. The van der Waals surface area contributed by atoms with E-state index in [1.165, 1.54) is 0 Å². The van der Waals surface area contributed by atoms with E-state index in [4.69, 9.17) is 21.1 Å². The second kappa shape index (κ2) is 8.06. The van der Waals surface area contributed by atoms with E-state index in [-0.39, 0.29) is 30.3 Å². The summed E-state index contributed by atoms with van der Waals surface area (Å²) in [6.07, 6.45) is 3.41. The maximum atomic E-state index is 12.4. The van der Waals surface area contributed by atoms with E-state index in [0.717, 1.165) is 25.9 Å². The maximum absolute atomic E-state index is 12.4. The standard InChI is InChI=1S/C18H23ClN2O4/c1-24-16-5-4-13(19)10-15(16)21-11-12(9-17(21)22)18(23)20-7-6-14-3-2-8-25-14/h4-5,10,12,14H,2-3,6-9,11H2,1H3,(H,20,23)/t12-,14+/m0/s1. The molecular formula is C18H23ClN2O4. The molecule has 6 nitrogen and oxygen atoms in total. The Labute approximate surface area is 152 Å². The molecule has 136 valence electrons. The van der Waals surface area contributed by atoms with Crippen LogP contribution in [0, 0.1) is 5.92 Å². The third-order valence-electron chi connectivity index (χ3n) is 4.72. The van der Waals surface area contributed by atoms with Gasteiger partial charge in [0, 0.05) is 31.1 Å². The number of amides is 2. The van der Waals surface area contributed by atoms with Crippen LogP contribution in [0.15, 0.2) is 18.2 Å². The van der Waals surface area contributed by atoms with Crippen molar-refractivity contribution in [3.63, 3.8) is 0 Å². The Hall–Kier alpha value is -1.79. The SMILES string of the molecule is COc1ccc(Cl)cc1N1C[C@@H](C(=O)NCC[C@H]2CCCO2)CC1=O. The molecule has 7 heteroatoms. The van der Waals surface area contributed by atoms with E-state index in [9.17, 15) is 9.59 Å². The van der Waals surface area contributed by atoms with Gasteiger partial charge in [0.25, 0.3) is 0 Å². The van der Waals surface area contributed by atoms with Gasteiger partial charge in [-0.05, 0) is 37.5 Å². The minimum Gasteiger partial charge on any atom is -0.495 e. The fourth-order valence-electron chi connectivity index (χ4n) is 3.36. The summed E-state index contributed by atoms with van der Waals surface area (Å²) in [7, 11) is 1.54. The number of carbonyl (C=O) groups excluding carboxylic acids is 2. The van der Waals surface area contributed by atoms with Crippen molar-refractivity contribution in [3.05, 3.63) is 23.2 Å². The van der Waals surface area contributed by atoms with Gasteiger partial charge in [0.2, 0.25) is 11.8 Å². The molecule has 0 spiro atoms. The number of nitrogens with one attached hydrogen (secondary N) is 1. The fourth-order valence-corrected chi connectivity index (χ4v) is 3.53. The van der Waals surface area contributed by atoms with Gasteiger partial charge >= 0.3 is 0 Å². The molecule has 25 heavy (non-hydrogen) atoms. The lowest BCUT2D eigenvalue weighted by Crippen LogP contribution is -2.34. The molecule has 3 rings (SSSR count). The summed E-state index contributed by atoms with van der Waals surface area (Å²) in [5.74, 6) is 0.0209. The van der Waals surface area contributed by atoms with E-state index >= 15 is 0 Å². The number of ether oxygens (including phenoxy) is 2. The summed E-state index contributed by atoms with van der Waals surface area (Å²) in [5, 5.41) is 3.45. The highest BCUT2D eigenvalue weighted by Crippen LogP contribution is 2.35. The molecule has 1 N–H and O–H groups in total. The number of anilines is 1. The zero-order valence-corrected chi connectivity index (χ0v) is 15.1. The first-order valence-corrected chi connectivity index (χ1v) is 8.99. The van der Waals surface area contributed by atoms with Crippen molar-refractivity contribution in [1.29, 1.82) is 0 Å². The molecule has 0 aromatic heterocycles. The number of hydrogen-bond donors (Lipinski definition) is 1. The Bertz CT molecular complexity index is 646. The summed E-state index contributed by atoms with van der Waals surface area (Å²) >= 11 is 6.04.